The maximum absolute atomic E-state index is 6.03. The van der Waals surface area contributed by atoms with Crippen LogP contribution in [0.1, 0.15) is 0 Å². The molecule has 1 aromatic heterocycles. The number of halogens is 1. The molecule has 25 heavy (non-hydrogen) atoms. The van der Waals surface area contributed by atoms with E-state index in [-0.39, 0.29) is 0 Å². The van der Waals surface area contributed by atoms with Crippen molar-refractivity contribution in [3.8, 4) is 11.5 Å². The number of aromatic nitrogens is 3. The fourth-order valence-electron chi connectivity index (χ4n) is 2.16. The van der Waals surface area contributed by atoms with Gasteiger partial charge in [-0.15, -0.1) is 5.10 Å². The third kappa shape index (κ3) is 4.27. The summed E-state index contributed by atoms with van der Waals surface area (Å²) in [6, 6.07) is 12.7. The highest BCUT2D eigenvalue weighted by molar-refractivity contribution is 6.31. The van der Waals surface area contributed by atoms with Crippen LogP contribution in [0.15, 0.2) is 48.7 Å². The molecule has 0 aliphatic rings. The molecule has 0 aliphatic heterocycles. The molecule has 0 saturated carbocycles. The largest absolute Gasteiger partial charge is 0.497 e. The van der Waals surface area contributed by atoms with Crippen molar-refractivity contribution in [1.82, 2.24) is 15.2 Å². The molecular weight excluding hydrogens is 342 g/mol. The summed E-state index contributed by atoms with van der Waals surface area (Å²) in [4.78, 5) is 4.39. The fraction of sp³-hybridized carbons (Fsp3) is 0.118. The predicted octanol–water partition coefficient (Wildman–Crippen LogP) is 4.03. The Morgan fingerprint density at radius 2 is 1.88 bits per heavy atom. The van der Waals surface area contributed by atoms with Gasteiger partial charge >= 0.3 is 0 Å². The molecular formula is C17H16ClN5O2. The molecule has 3 aromatic rings. The van der Waals surface area contributed by atoms with E-state index in [1.807, 2.05) is 24.3 Å². The van der Waals surface area contributed by atoms with Crippen LogP contribution in [-0.2, 0) is 0 Å². The molecule has 7 nitrogen and oxygen atoms in total. The minimum absolute atomic E-state index is 0.313. The van der Waals surface area contributed by atoms with Gasteiger partial charge in [0.05, 0.1) is 26.1 Å². The molecule has 2 aromatic carbocycles. The van der Waals surface area contributed by atoms with E-state index in [0.29, 0.717) is 28.2 Å². The van der Waals surface area contributed by atoms with Crippen molar-refractivity contribution in [2.45, 2.75) is 0 Å². The number of hydrogen-bond acceptors (Lipinski definition) is 7. The fourth-order valence-corrected chi connectivity index (χ4v) is 2.34. The molecule has 0 unspecified atom stereocenters. The second kappa shape index (κ2) is 7.67. The average Bonchev–Trinajstić information content (AvgIpc) is 2.62. The van der Waals surface area contributed by atoms with E-state index >= 15 is 0 Å². The van der Waals surface area contributed by atoms with E-state index in [2.05, 4.69) is 25.8 Å². The molecule has 0 aliphatic carbocycles. The molecule has 0 amide bonds. The zero-order valence-electron chi connectivity index (χ0n) is 13.7. The molecule has 2 N–H and O–H groups in total. The van der Waals surface area contributed by atoms with Gasteiger partial charge in [-0.2, -0.15) is 10.1 Å². The minimum atomic E-state index is 0.313. The topological polar surface area (TPSA) is 81.2 Å². The summed E-state index contributed by atoms with van der Waals surface area (Å²) in [7, 11) is 3.19. The Morgan fingerprint density at radius 3 is 2.68 bits per heavy atom. The molecule has 0 atom stereocenters. The first kappa shape index (κ1) is 16.8. The number of nitrogens with one attached hydrogen (secondary N) is 2. The van der Waals surface area contributed by atoms with Crippen LogP contribution in [-0.4, -0.2) is 29.4 Å². The van der Waals surface area contributed by atoms with E-state index < -0.39 is 0 Å². The first-order valence-electron chi connectivity index (χ1n) is 7.39. The Morgan fingerprint density at radius 1 is 1.00 bits per heavy atom. The molecule has 1 heterocycles. The Hall–Kier alpha value is -3.06. The zero-order valence-corrected chi connectivity index (χ0v) is 14.4. The maximum atomic E-state index is 6.03. The van der Waals surface area contributed by atoms with Crippen molar-refractivity contribution in [2.24, 2.45) is 0 Å². The summed E-state index contributed by atoms with van der Waals surface area (Å²) in [5.74, 6) is 2.22. The summed E-state index contributed by atoms with van der Waals surface area (Å²) >= 11 is 6.03. The van der Waals surface area contributed by atoms with Crippen molar-refractivity contribution in [1.29, 1.82) is 0 Å². The number of hydrogen-bond donors (Lipinski definition) is 2. The summed E-state index contributed by atoms with van der Waals surface area (Å²) < 4.78 is 10.5. The smallest absolute Gasteiger partial charge is 0.249 e. The first-order valence-corrected chi connectivity index (χ1v) is 7.77. The van der Waals surface area contributed by atoms with Crippen molar-refractivity contribution in [3.63, 3.8) is 0 Å². The van der Waals surface area contributed by atoms with E-state index in [0.717, 1.165) is 11.4 Å². The summed E-state index contributed by atoms with van der Waals surface area (Å²) in [5.41, 5.74) is 1.47. The number of nitrogens with zero attached hydrogens (tertiary/aromatic N) is 3. The van der Waals surface area contributed by atoms with Crippen LogP contribution in [0.25, 0.3) is 0 Å². The second-order valence-corrected chi connectivity index (χ2v) is 5.43. The minimum Gasteiger partial charge on any atom is -0.497 e. The third-order valence-electron chi connectivity index (χ3n) is 3.31. The van der Waals surface area contributed by atoms with Crippen LogP contribution in [0.2, 0.25) is 5.02 Å². The average molecular weight is 358 g/mol. The van der Waals surface area contributed by atoms with Gasteiger partial charge in [-0.05, 0) is 30.3 Å². The van der Waals surface area contributed by atoms with Gasteiger partial charge in [-0.3, -0.25) is 0 Å². The predicted molar refractivity (Wildman–Crippen MR) is 97.4 cm³/mol. The summed E-state index contributed by atoms with van der Waals surface area (Å²) in [6.45, 7) is 0. The van der Waals surface area contributed by atoms with Crippen molar-refractivity contribution in [3.05, 3.63) is 53.7 Å². The second-order valence-electron chi connectivity index (χ2n) is 4.99. The van der Waals surface area contributed by atoms with E-state index in [9.17, 15) is 0 Å². The van der Waals surface area contributed by atoms with Gasteiger partial charge in [0.25, 0.3) is 0 Å². The van der Waals surface area contributed by atoms with Gasteiger partial charge in [0, 0.05) is 16.8 Å². The lowest BCUT2D eigenvalue weighted by Gasteiger charge is -2.11. The van der Waals surface area contributed by atoms with Gasteiger partial charge in [0.15, 0.2) is 5.82 Å². The molecule has 3 rings (SSSR count). The van der Waals surface area contributed by atoms with Crippen LogP contribution < -0.4 is 20.1 Å². The Bertz CT molecular complexity index is 875. The molecule has 0 spiro atoms. The Kier molecular flexibility index (Phi) is 5.15. The van der Waals surface area contributed by atoms with Crippen LogP contribution in [0.3, 0.4) is 0 Å². The monoisotopic (exact) mass is 357 g/mol. The normalized spacial score (nSPS) is 10.2. The number of methoxy groups -OCH3 is 2. The molecule has 0 fully saturated rings. The molecule has 0 radical (unpaired) electrons. The van der Waals surface area contributed by atoms with Crippen LogP contribution in [0.4, 0.5) is 23.1 Å². The van der Waals surface area contributed by atoms with Gasteiger partial charge < -0.3 is 20.1 Å². The lowest BCUT2D eigenvalue weighted by atomic mass is 10.3. The van der Waals surface area contributed by atoms with E-state index in [4.69, 9.17) is 21.1 Å². The van der Waals surface area contributed by atoms with Gasteiger partial charge in [0.2, 0.25) is 5.95 Å². The molecule has 8 heteroatoms. The Labute approximate surface area is 150 Å². The SMILES string of the molecule is COc1cccc(Nc2cnnc(Nc3cc(Cl)ccc3OC)n2)c1. The maximum Gasteiger partial charge on any atom is 0.249 e. The molecule has 0 saturated heterocycles. The number of benzene rings is 2. The first-order chi connectivity index (χ1) is 12.2. The van der Waals surface area contributed by atoms with Crippen LogP contribution >= 0.6 is 11.6 Å². The third-order valence-corrected chi connectivity index (χ3v) is 3.54. The van der Waals surface area contributed by atoms with Gasteiger partial charge in [-0.25, -0.2) is 0 Å². The van der Waals surface area contributed by atoms with Gasteiger partial charge in [0.1, 0.15) is 11.5 Å². The van der Waals surface area contributed by atoms with Crippen molar-refractivity contribution < 1.29 is 9.47 Å². The standard InChI is InChI=1S/C17H16ClN5O2/c1-24-13-5-3-4-12(9-13)20-16-10-19-23-17(22-16)21-14-8-11(18)6-7-15(14)25-2/h3-10H,1-2H3,(H2,20,21,22,23). The number of rotatable bonds is 6. The lowest BCUT2D eigenvalue weighted by Crippen LogP contribution is -2.03. The van der Waals surface area contributed by atoms with E-state index in [1.165, 1.54) is 6.20 Å². The quantitative estimate of drug-likeness (QED) is 0.689. The molecule has 128 valence electrons. The van der Waals surface area contributed by atoms with Crippen LogP contribution in [0.5, 0.6) is 11.5 Å². The highest BCUT2D eigenvalue weighted by atomic mass is 35.5. The highest BCUT2D eigenvalue weighted by Gasteiger charge is 2.08. The van der Waals surface area contributed by atoms with Crippen molar-refractivity contribution in [2.75, 3.05) is 24.9 Å². The van der Waals surface area contributed by atoms with Gasteiger partial charge in [-0.1, -0.05) is 17.7 Å². The van der Waals surface area contributed by atoms with Crippen molar-refractivity contribution >= 4 is 34.7 Å². The van der Waals surface area contributed by atoms with E-state index in [1.54, 1.807) is 32.4 Å². The number of anilines is 4. The number of ether oxygens (including phenoxy) is 2. The molecule has 0 bridgehead atoms. The zero-order chi connectivity index (χ0) is 17.6. The Balaban J connectivity index is 1.81. The highest BCUT2D eigenvalue weighted by Crippen LogP contribution is 2.29. The summed E-state index contributed by atoms with van der Waals surface area (Å²) in [5, 5.41) is 14.7. The lowest BCUT2D eigenvalue weighted by molar-refractivity contribution is 0.415. The van der Waals surface area contributed by atoms with Crippen LogP contribution in [0, 0.1) is 0 Å². The summed E-state index contributed by atoms with van der Waals surface area (Å²) in [6.07, 6.45) is 1.53.